The number of hydrogen-bond donors (Lipinski definition) is 3. The molecule has 4 N–H and O–H groups in total. The molecule has 1 rings (SSSR count). The van der Waals surface area contributed by atoms with Crippen LogP contribution in [0.1, 0.15) is 19.3 Å². The second-order valence-electron chi connectivity index (χ2n) is 4.11. The Morgan fingerprint density at radius 2 is 2.00 bits per heavy atom. The number of amides is 1. The van der Waals surface area contributed by atoms with Crippen molar-refractivity contribution in [3.63, 3.8) is 0 Å². The van der Waals surface area contributed by atoms with Crippen LogP contribution >= 0.6 is 0 Å². The number of piperidine rings is 1. The van der Waals surface area contributed by atoms with Crippen molar-refractivity contribution in [2.45, 2.75) is 25.3 Å². The van der Waals surface area contributed by atoms with Crippen LogP contribution in [0.25, 0.3) is 0 Å². The molecule has 16 heavy (non-hydrogen) atoms. The second kappa shape index (κ2) is 6.44. The standard InChI is InChI=1S/C10H19N3O3/c11-8-2-5-13(6-3-8)7-9(14)12-4-1-10(15)16/h8H,1-7,11H2,(H,12,14)(H,15,16). The highest BCUT2D eigenvalue weighted by molar-refractivity contribution is 5.78. The minimum atomic E-state index is -0.899. The maximum absolute atomic E-state index is 11.4. The number of nitrogens with zero attached hydrogens (tertiary/aromatic N) is 1. The summed E-state index contributed by atoms with van der Waals surface area (Å²) in [6, 6.07) is 0.256. The summed E-state index contributed by atoms with van der Waals surface area (Å²) in [6.07, 6.45) is 1.81. The molecule has 0 saturated carbocycles. The summed E-state index contributed by atoms with van der Waals surface area (Å²) >= 11 is 0. The van der Waals surface area contributed by atoms with Gasteiger partial charge in [-0.05, 0) is 12.8 Å². The van der Waals surface area contributed by atoms with E-state index >= 15 is 0 Å². The molecule has 1 fully saturated rings. The van der Waals surface area contributed by atoms with E-state index in [4.69, 9.17) is 10.8 Å². The van der Waals surface area contributed by atoms with Gasteiger partial charge in [-0.25, -0.2) is 0 Å². The number of carbonyl (C=O) groups is 2. The van der Waals surface area contributed by atoms with E-state index in [9.17, 15) is 9.59 Å². The summed E-state index contributed by atoms with van der Waals surface area (Å²) in [5.74, 6) is -1.01. The monoisotopic (exact) mass is 229 g/mol. The van der Waals surface area contributed by atoms with Gasteiger partial charge >= 0.3 is 5.97 Å². The van der Waals surface area contributed by atoms with Crippen LogP contribution < -0.4 is 11.1 Å². The molecule has 6 nitrogen and oxygen atoms in total. The maximum Gasteiger partial charge on any atom is 0.305 e. The summed E-state index contributed by atoms with van der Waals surface area (Å²) in [7, 11) is 0. The lowest BCUT2D eigenvalue weighted by atomic mass is 10.1. The molecule has 1 amide bonds. The van der Waals surface area contributed by atoms with E-state index in [1.807, 2.05) is 4.90 Å². The van der Waals surface area contributed by atoms with E-state index < -0.39 is 5.97 Å². The Bertz CT molecular complexity index is 250. The first kappa shape index (κ1) is 12.9. The fraction of sp³-hybridized carbons (Fsp3) is 0.800. The molecule has 1 heterocycles. The van der Waals surface area contributed by atoms with Gasteiger partial charge in [-0.15, -0.1) is 0 Å². The molecule has 0 radical (unpaired) electrons. The predicted molar refractivity (Wildman–Crippen MR) is 58.9 cm³/mol. The van der Waals surface area contributed by atoms with Crippen molar-refractivity contribution < 1.29 is 14.7 Å². The average Bonchev–Trinajstić information content (AvgIpc) is 2.21. The van der Waals surface area contributed by atoms with Gasteiger partial charge in [0.1, 0.15) is 0 Å². The molecule has 0 atom stereocenters. The third-order valence-corrected chi connectivity index (χ3v) is 2.66. The van der Waals surface area contributed by atoms with Crippen LogP contribution in [0.4, 0.5) is 0 Å². The molecule has 0 aliphatic carbocycles. The largest absolute Gasteiger partial charge is 0.481 e. The van der Waals surface area contributed by atoms with Crippen molar-refractivity contribution in [2.75, 3.05) is 26.2 Å². The average molecular weight is 229 g/mol. The van der Waals surface area contributed by atoms with Crippen LogP contribution in [0.15, 0.2) is 0 Å². The molecule has 0 spiro atoms. The fourth-order valence-electron chi connectivity index (χ4n) is 1.68. The van der Waals surface area contributed by atoms with E-state index in [0.717, 1.165) is 25.9 Å². The van der Waals surface area contributed by atoms with Gasteiger partial charge in [0.05, 0.1) is 13.0 Å². The quantitative estimate of drug-likeness (QED) is 0.562. The summed E-state index contributed by atoms with van der Waals surface area (Å²) in [5.41, 5.74) is 5.75. The molecule has 0 aromatic heterocycles. The molecule has 0 bridgehead atoms. The zero-order valence-electron chi connectivity index (χ0n) is 9.32. The van der Waals surface area contributed by atoms with Crippen molar-refractivity contribution >= 4 is 11.9 Å². The Morgan fingerprint density at radius 3 is 2.56 bits per heavy atom. The minimum absolute atomic E-state index is 0.0311. The van der Waals surface area contributed by atoms with Gasteiger partial charge in [0, 0.05) is 25.7 Å². The smallest absolute Gasteiger partial charge is 0.305 e. The Morgan fingerprint density at radius 1 is 1.38 bits per heavy atom. The van der Waals surface area contributed by atoms with Crippen LogP contribution in [0.5, 0.6) is 0 Å². The lowest BCUT2D eigenvalue weighted by Crippen LogP contribution is -2.44. The fourth-order valence-corrected chi connectivity index (χ4v) is 1.68. The number of nitrogens with two attached hydrogens (primary N) is 1. The van der Waals surface area contributed by atoms with Crippen LogP contribution in [0, 0.1) is 0 Å². The van der Waals surface area contributed by atoms with E-state index in [1.54, 1.807) is 0 Å². The van der Waals surface area contributed by atoms with Crippen LogP contribution in [0.2, 0.25) is 0 Å². The molecule has 92 valence electrons. The number of rotatable bonds is 5. The molecular formula is C10H19N3O3. The first-order valence-corrected chi connectivity index (χ1v) is 5.54. The highest BCUT2D eigenvalue weighted by Crippen LogP contribution is 2.06. The molecule has 1 aliphatic heterocycles. The van der Waals surface area contributed by atoms with Gasteiger partial charge < -0.3 is 16.2 Å². The van der Waals surface area contributed by atoms with Crippen LogP contribution in [-0.2, 0) is 9.59 Å². The predicted octanol–water partition coefficient (Wildman–Crippen LogP) is -1.000. The molecular weight excluding hydrogens is 210 g/mol. The summed E-state index contributed by atoms with van der Waals surface area (Å²) in [6.45, 7) is 2.22. The van der Waals surface area contributed by atoms with Gasteiger partial charge in [0.2, 0.25) is 5.91 Å². The molecule has 1 aliphatic rings. The molecule has 0 aromatic rings. The van der Waals surface area contributed by atoms with Gasteiger partial charge in [-0.2, -0.15) is 0 Å². The topological polar surface area (TPSA) is 95.7 Å². The number of hydrogen-bond acceptors (Lipinski definition) is 4. The van der Waals surface area contributed by atoms with Gasteiger partial charge in [-0.3, -0.25) is 14.5 Å². The van der Waals surface area contributed by atoms with Crippen molar-refractivity contribution in [1.82, 2.24) is 10.2 Å². The van der Waals surface area contributed by atoms with Gasteiger partial charge in [0.15, 0.2) is 0 Å². The van der Waals surface area contributed by atoms with E-state index in [1.165, 1.54) is 0 Å². The first-order chi connectivity index (χ1) is 7.58. The highest BCUT2D eigenvalue weighted by Gasteiger charge is 2.17. The van der Waals surface area contributed by atoms with Crippen LogP contribution in [0.3, 0.4) is 0 Å². The highest BCUT2D eigenvalue weighted by atomic mass is 16.4. The number of likely N-dealkylation sites (tertiary alicyclic amines) is 1. The molecule has 0 unspecified atom stereocenters. The summed E-state index contributed by atoms with van der Waals surface area (Å²) < 4.78 is 0. The SMILES string of the molecule is NC1CCN(CC(=O)NCCC(=O)O)CC1. The Balaban J connectivity index is 2.11. The van der Waals surface area contributed by atoms with E-state index in [2.05, 4.69) is 5.32 Å². The van der Waals surface area contributed by atoms with Crippen molar-refractivity contribution in [3.05, 3.63) is 0 Å². The minimum Gasteiger partial charge on any atom is -0.481 e. The first-order valence-electron chi connectivity index (χ1n) is 5.54. The number of carbonyl (C=O) groups excluding carboxylic acids is 1. The summed E-state index contributed by atoms with van der Waals surface area (Å²) in [5, 5.41) is 11.0. The van der Waals surface area contributed by atoms with Crippen LogP contribution in [-0.4, -0.2) is 54.1 Å². The Kier molecular flexibility index (Phi) is 5.21. The number of carboxylic acid groups (broad SMARTS) is 1. The zero-order valence-corrected chi connectivity index (χ0v) is 9.32. The lowest BCUT2D eigenvalue weighted by Gasteiger charge is -2.29. The van der Waals surface area contributed by atoms with Gasteiger partial charge in [0.25, 0.3) is 0 Å². The zero-order chi connectivity index (χ0) is 12.0. The Hall–Kier alpha value is -1.14. The molecule has 0 aromatic carbocycles. The number of aliphatic carboxylic acids is 1. The number of nitrogens with one attached hydrogen (secondary N) is 1. The van der Waals surface area contributed by atoms with Crippen molar-refractivity contribution in [1.29, 1.82) is 0 Å². The third-order valence-electron chi connectivity index (χ3n) is 2.66. The van der Waals surface area contributed by atoms with E-state index in [0.29, 0.717) is 6.54 Å². The van der Waals surface area contributed by atoms with E-state index in [-0.39, 0.29) is 24.9 Å². The van der Waals surface area contributed by atoms with Crippen molar-refractivity contribution in [3.8, 4) is 0 Å². The Labute approximate surface area is 94.8 Å². The lowest BCUT2D eigenvalue weighted by molar-refractivity contribution is -0.136. The maximum atomic E-state index is 11.4. The second-order valence-corrected chi connectivity index (χ2v) is 4.11. The molecule has 1 saturated heterocycles. The summed E-state index contributed by atoms with van der Waals surface area (Å²) in [4.78, 5) is 23.7. The van der Waals surface area contributed by atoms with Crippen molar-refractivity contribution in [2.24, 2.45) is 5.73 Å². The molecule has 6 heteroatoms. The number of carboxylic acids is 1. The third kappa shape index (κ3) is 5.09. The normalized spacial score (nSPS) is 18.3. The van der Waals surface area contributed by atoms with Gasteiger partial charge in [-0.1, -0.05) is 0 Å².